The first-order valence-corrected chi connectivity index (χ1v) is 6.98. The third-order valence-electron chi connectivity index (χ3n) is 3.49. The molecule has 0 aliphatic rings. The molecule has 0 saturated heterocycles. The molecule has 0 atom stereocenters. The number of nitrogens with one attached hydrogen (secondary N) is 1. The SMILES string of the molecule is CCCCOC(=O)c1cccc2c1[nH]c1ccccc12. The van der Waals surface area contributed by atoms with Crippen LogP contribution in [0.4, 0.5) is 0 Å². The molecule has 1 N–H and O–H groups in total. The van der Waals surface area contributed by atoms with Gasteiger partial charge >= 0.3 is 5.97 Å². The Morgan fingerprint density at radius 3 is 2.75 bits per heavy atom. The monoisotopic (exact) mass is 267 g/mol. The van der Waals surface area contributed by atoms with Gasteiger partial charge < -0.3 is 9.72 Å². The minimum atomic E-state index is -0.254. The van der Waals surface area contributed by atoms with Gasteiger partial charge in [-0.2, -0.15) is 0 Å². The molecule has 0 fully saturated rings. The number of carbonyl (C=O) groups excluding carboxylic acids is 1. The molecule has 102 valence electrons. The van der Waals surface area contributed by atoms with E-state index < -0.39 is 0 Å². The maximum atomic E-state index is 12.2. The van der Waals surface area contributed by atoms with Gasteiger partial charge in [-0.15, -0.1) is 0 Å². The molecule has 1 aromatic heterocycles. The number of unbranched alkanes of at least 4 members (excludes halogenated alkanes) is 1. The van der Waals surface area contributed by atoms with Crippen LogP contribution in [0, 0.1) is 0 Å². The van der Waals surface area contributed by atoms with Gasteiger partial charge in [0.1, 0.15) is 0 Å². The number of fused-ring (bicyclic) bond motifs is 3. The zero-order valence-corrected chi connectivity index (χ0v) is 11.5. The second kappa shape index (κ2) is 5.37. The van der Waals surface area contributed by atoms with Crippen LogP contribution in [0.15, 0.2) is 42.5 Å². The lowest BCUT2D eigenvalue weighted by atomic mass is 10.1. The van der Waals surface area contributed by atoms with E-state index in [2.05, 4.69) is 18.0 Å². The van der Waals surface area contributed by atoms with Crippen LogP contribution in [0.1, 0.15) is 30.1 Å². The molecular formula is C17H17NO2. The van der Waals surface area contributed by atoms with Gasteiger partial charge in [0.05, 0.1) is 17.7 Å². The Morgan fingerprint density at radius 1 is 1.10 bits per heavy atom. The van der Waals surface area contributed by atoms with E-state index >= 15 is 0 Å². The molecule has 0 amide bonds. The predicted octanol–water partition coefficient (Wildman–Crippen LogP) is 4.28. The molecule has 3 heteroatoms. The van der Waals surface area contributed by atoms with Gasteiger partial charge in [0.15, 0.2) is 0 Å². The maximum Gasteiger partial charge on any atom is 0.340 e. The molecule has 0 saturated carbocycles. The molecule has 0 spiro atoms. The molecule has 0 radical (unpaired) electrons. The van der Waals surface area contributed by atoms with Crippen molar-refractivity contribution in [2.45, 2.75) is 19.8 Å². The summed E-state index contributed by atoms with van der Waals surface area (Å²) in [5, 5.41) is 2.19. The van der Waals surface area contributed by atoms with Gasteiger partial charge in [-0.3, -0.25) is 0 Å². The van der Waals surface area contributed by atoms with E-state index in [1.807, 2.05) is 36.4 Å². The first kappa shape index (κ1) is 12.7. The van der Waals surface area contributed by atoms with Crippen LogP contribution >= 0.6 is 0 Å². The Hall–Kier alpha value is -2.29. The van der Waals surface area contributed by atoms with Crippen LogP contribution in [0.25, 0.3) is 21.8 Å². The second-order valence-corrected chi connectivity index (χ2v) is 4.89. The number of hydrogen-bond donors (Lipinski definition) is 1. The van der Waals surface area contributed by atoms with Gasteiger partial charge in [0.2, 0.25) is 0 Å². The topological polar surface area (TPSA) is 42.1 Å². The molecular weight excluding hydrogens is 250 g/mol. The van der Waals surface area contributed by atoms with Crippen molar-refractivity contribution in [3.05, 3.63) is 48.0 Å². The lowest BCUT2D eigenvalue weighted by Gasteiger charge is -2.04. The fourth-order valence-electron chi connectivity index (χ4n) is 2.43. The number of ether oxygens (including phenoxy) is 1. The van der Waals surface area contributed by atoms with E-state index in [1.54, 1.807) is 0 Å². The van der Waals surface area contributed by atoms with Crippen molar-refractivity contribution in [2.75, 3.05) is 6.61 Å². The molecule has 20 heavy (non-hydrogen) atoms. The number of aromatic amines is 1. The number of hydrogen-bond acceptors (Lipinski definition) is 2. The summed E-state index contributed by atoms with van der Waals surface area (Å²) in [5.74, 6) is -0.254. The van der Waals surface area contributed by atoms with Crippen LogP contribution < -0.4 is 0 Å². The number of benzene rings is 2. The summed E-state index contributed by atoms with van der Waals surface area (Å²) in [5.41, 5.74) is 2.50. The Morgan fingerprint density at radius 2 is 1.90 bits per heavy atom. The highest BCUT2D eigenvalue weighted by Crippen LogP contribution is 2.27. The molecule has 3 nitrogen and oxygen atoms in total. The van der Waals surface area contributed by atoms with Crippen LogP contribution in [-0.4, -0.2) is 17.6 Å². The summed E-state index contributed by atoms with van der Waals surface area (Å²) < 4.78 is 5.31. The largest absolute Gasteiger partial charge is 0.462 e. The van der Waals surface area contributed by atoms with Crippen LogP contribution in [0.2, 0.25) is 0 Å². The summed E-state index contributed by atoms with van der Waals surface area (Å²) in [6, 6.07) is 13.8. The molecule has 0 bridgehead atoms. The number of aromatic nitrogens is 1. The zero-order chi connectivity index (χ0) is 13.9. The van der Waals surface area contributed by atoms with Crippen LogP contribution in [0.5, 0.6) is 0 Å². The fraction of sp³-hybridized carbons (Fsp3) is 0.235. The lowest BCUT2D eigenvalue weighted by Crippen LogP contribution is -2.06. The molecule has 0 aliphatic carbocycles. The van der Waals surface area contributed by atoms with Crippen LogP contribution in [-0.2, 0) is 4.74 Å². The van der Waals surface area contributed by atoms with E-state index in [1.165, 1.54) is 0 Å². The van der Waals surface area contributed by atoms with E-state index in [0.29, 0.717) is 12.2 Å². The van der Waals surface area contributed by atoms with Crippen LogP contribution in [0.3, 0.4) is 0 Å². The van der Waals surface area contributed by atoms with Crippen molar-refractivity contribution in [1.82, 2.24) is 4.98 Å². The third-order valence-corrected chi connectivity index (χ3v) is 3.49. The first-order valence-electron chi connectivity index (χ1n) is 6.98. The molecule has 1 heterocycles. The van der Waals surface area contributed by atoms with Crippen molar-refractivity contribution < 1.29 is 9.53 Å². The molecule has 0 aliphatic heterocycles. The average Bonchev–Trinajstić information content (AvgIpc) is 2.86. The average molecular weight is 267 g/mol. The normalized spacial score (nSPS) is 11.1. The van der Waals surface area contributed by atoms with Crippen molar-refractivity contribution in [3.63, 3.8) is 0 Å². The van der Waals surface area contributed by atoms with Gasteiger partial charge in [-0.25, -0.2) is 4.79 Å². The van der Waals surface area contributed by atoms with Gasteiger partial charge in [0, 0.05) is 16.3 Å². The number of esters is 1. The number of rotatable bonds is 4. The third kappa shape index (κ3) is 2.16. The summed E-state index contributed by atoms with van der Waals surface area (Å²) in [6.07, 6.45) is 1.91. The molecule has 3 rings (SSSR count). The van der Waals surface area contributed by atoms with E-state index in [-0.39, 0.29) is 5.97 Å². The van der Waals surface area contributed by atoms with Crippen molar-refractivity contribution >= 4 is 27.8 Å². The number of carbonyl (C=O) groups is 1. The summed E-state index contributed by atoms with van der Waals surface area (Å²) in [4.78, 5) is 15.5. The molecule has 3 aromatic rings. The van der Waals surface area contributed by atoms with Gasteiger partial charge in [-0.1, -0.05) is 43.7 Å². The van der Waals surface area contributed by atoms with Gasteiger partial charge in [0.25, 0.3) is 0 Å². The van der Waals surface area contributed by atoms with Gasteiger partial charge in [-0.05, 0) is 18.6 Å². The Kier molecular flexibility index (Phi) is 3.42. The summed E-state index contributed by atoms with van der Waals surface area (Å²) in [7, 11) is 0. The van der Waals surface area contributed by atoms with Crippen molar-refractivity contribution in [3.8, 4) is 0 Å². The van der Waals surface area contributed by atoms with Crippen molar-refractivity contribution in [1.29, 1.82) is 0 Å². The minimum absolute atomic E-state index is 0.254. The quantitative estimate of drug-likeness (QED) is 0.566. The zero-order valence-electron chi connectivity index (χ0n) is 11.5. The van der Waals surface area contributed by atoms with E-state index in [4.69, 9.17) is 4.74 Å². The number of H-pyrrole nitrogens is 1. The molecule has 0 unspecified atom stereocenters. The lowest BCUT2D eigenvalue weighted by molar-refractivity contribution is 0.0502. The minimum Gasteiger partial charge on any atom is -0.462 e. The second-order valence-electron chi connectivity index (χ2n) is 4.89. The fourth-order valence-corrected chi connectivity index (χ4v) is 2.43. The summed E-state index contributed by atoms with van der Waals surface area (Å²) >= 11 is 0. The van der Waals surface area contributed by atoms with E-state index in [0.717, 1.165) is 34.6 Å². The standard InChI is InChI=1S/C17H17NO2/c1-2-3-11-20-17(19)14-9-6-8-13-12-7-4-5-10-15(12)18-16(13)14/h4-10,18H,2-3,11H2,1H3. The Bertz CT molecular complexity index is 758. The smallest absolute Gasteiger partial charge is 0.340 e. The van der Waals surface area contributed by atoms with Crippen molar-refractivity contribution in [2.24, 2.45) is 0 Å². The predicted molar refractivity (Wildman–Crippen MR) is 81.0 cm³/mol. The first-order chi connectivity index (χ1) is 9.81. The van der Waals surface area contributed by atoms with E-state index in [9.17, 15) is 4.79 Å². The maximum absolute atomic E-state index is 12.2. The highest BCUT2D eigenvalue weighted by Gasteiger charge is 2.14. The molecule has 2 aromatic carbocycles. The highest BCUT2D eigenvalue weighted by molar-refractivity contribution is 6.13. The summed E-state index contributed by atoms with van der Waals surface area (Å²) in [6.45, 7) is 2.55. The Balaban J connectivity index is 2.05. The highest BCUT2D eigenvalue weighted by atomic mass is 16.5. The number of para-hydroxylation sites is 2. The Labute approximate surface area is 117 Å².